The minimum absolute atomic E-state index is 0.162. The summed E-state index contributed by atoms with van der Waals surface area (Å²) in [7, 11) is 0. The maximum absolute atomic E-state index is 13.1. The summed E-state index contributed by atoms with van der Waals surface area (Å²) in [5, 5.41) is 7.38. The van der Waals surface area contributed by atoms with Crippen molar-refractivity contribution in [1.82, 2.24) is 15.1 Å². The Hall–Kier alpha value is -2.95. The van der Waals surface area contributed by atoms with Crippen molar-refractivity contribution in [3.05, 3.63) is 82.4 Å². The van der Waals surface area contributed by atoms with E-state index in [9.17, 15) is 9.18 Å². The maximum Gasteiger partial charge on any atom is 0.255 e. The van der Waals surface area contributed by atoms with Crippen molar-refractivity contribution in [1.29, 1.82) is 0 Å². The Kier molecular flexibility index (Phi) is 4.65. The number of rotatable bonds is 4. The minimum Gasteiger partial charge on any atom is -0.348 e. The van der Waals surface area contributed by atoms with Crippen LogP contribution in [-0.2, 0) is 6.54 Å². The third-order valence-corrected chi connectivity index (χ3v) is 4.13. The van der Waals surface area contributed by atoms with Crippen LogP contribution in [0.4, 0.5) is 4.39 Å². The fraction of sp³-hybridized carbons (Fsp3) is 0.200. The first-order valence-corrected chi connectivity index (χ1v) is 8.11. The Morgan fingerprint density at radius 2 is 1.84 bits per heavy atom. The second-order valence-corrected chi connectivity index (χ2v) is 6.11. The molecule has 0 fully saturated rings. The summed E-state index contributed by atoms with van der Waals surface area (Å²) < 4.78 is 14.8. The van der Waals surface area contributed by atoms with Crippen molar-refractivity contribution in [2.75, 3.05) is 0 Å². The topological polar surface area (TPSA) is 46.9 Å². The summed E-state index contributed by atoms with van der Waals surface area (Å²) in [5.41, 5.74) is 4.85. The van der Waals surface area contributed by atoms with Gasteiger partial charge < -0.3 is 5.32 Å². The summed E-state index contributed by atoms with van der Waals surface area (Å²) in [5.74, 6) is -0.466. The molecule has 0 saturated heterocycles. The van der Waals surface area contributed by atoms with Gasteiger partial charge in [0.25, 0.3) is 5.91 Å². The van der Waals surface area contributed by atoms with E-state index in [1.54, 1.807) is 23.7 Å². The van der Waals surface area contributed by atoms with Crippen molar-refractivity contribution >= 4 is 5.91 Å². The molecule has 0 aliphatic rings. The number of carbonyl (C=O) groups is 1. The highest BCUT2D eigenvalue weighted by Crippen LogP contribution is 2.18. The van der Waals surface area contributed by atoms with Gasteiger partial charge in [0.15, 0.2) is 0 Å². The SMILES string of the molecule is Cc1cccc(CNC(=O)c2c(C)nn(-c3ccc(F)cc3)c2C)c1. The first-order valence-electron chi connectivity index (χ1n) is 8.11. The van der Waals surface area contributed by atoms with Gasteiger partial charge in [0, 0.05) is 6.54 Å². The van der Waals surface area contributed by atoms with Crippen LogP contribution >= 0.6 is 0 Å². The lowest BCUT2D eigenvalue weighted by atomic mass is 10.1. The van der Waals surface area contributed by atoms with Crippen LogP contribution < -0.4 is 5.32 Å². The van der Waals surface area contributed by atoms with E-state index in [1.807, 2.05) is 38.1 Å². The maximum atomic E-state index is 13.1. The van der Waals surface area contributed by atoms with E-state index in [0.717, 1.165) is 22.5 Å². The summed E-state index contributed by atoms with van der Waals surface area (Å²) in [4.78, 5) is 12.6. The number of nitrogens with zero attached hydrogens (tertiary/aromatic N) is 2. The highest BCUT2D eigenvalue weighted by molar-refractivity contribution is 5.96. The van der Waals surface area contributed by atoms with E-state index in [1.165, 1.54) is 12.1 Å². The monoisotopic (exact) mass is 337 g/mol. The molecule has 4 nitrogen and oxygen atoms in total. The van der Waals surface area contributed by atoms with Gasteiger partial charge in [-0.15, -0.1) is 0 Å². The highest BCUT2D eigenvalue weighted by Gasteiger charge is 2.19. The van der Waals surface area contributed by atoms with Crippen molar-refractivity contribution < 1.29 is 9.18 Å². The summed E-state index contributed by atoms with van der Waals surface area (Å²) >= 11 is 0. The number of aromatic nitrogens is 2. The molecule has 3 aromatic rings. The minimum atomic E-state index is -0.304. The van der Waals surface area contributed by atoms with Gasteiger partial charge >= 0.3 is 0 Å². The lowest BCUT2D eigenvalue weighted by Crippen LogP contribution is -2.24. The number of hydrogen-bond acceptors (Lipinski definition) is 2. The third kappa shape index (κ3) is 3.60. The summed E-state index contributed by atoms with van der Waals surface area (Å²) in [6.07, 6.45) is 0. The van der Waals surface area contributed by atoms with Crippen LogP contribution in [0.5, 0.6) is 0 Å². The summed E-state index contributed by atoms with van der Waals surface area (Å²) in [6, 6.07) is 14.1. The molecule has 2 aromatic carbocycles. The van der Waals surface area contributed by atoms with Crippen molar-refractivity contribution in [2.45, 2.75) is 27.3 Å². The Balaban J connectivity index is 1.82. The number of nitrogens with one attached hydrogen (secondary N) is 1. The van der Waals surface area contributed by atoms with Crippen LogP contribution in [-0.4, -0.2) is 15.7 Å². The first kappa shape index (κ1) is 16.9. The number of aryl methyl sites for hydroxylation is 2. The molecule has 0 aliphatic heterocycles. The van der Waals surface area contributed by atoms with Crippen molar-refractivity contribution in [3.8, 4) is 5.69 Å². The molecule has 0 unspecified atom stereocenters. The molecular formula is C20H20FN3O. The average Bonchev–Trinajstić information content (AvgIpc) is 2.88. The second-order valence-electron chi connectivity index (χ2n) is 6.11. The third-order valence-electron chi connectivity index (χ3n) is 4.13. The predicted octanol–water partition coefficient (Wildman–Crippen LogP) is 3.87. The molecule has 0 atom stereocenters. The number of amides is 1. The molecule has 1 amide bonds. The van der Waals surface area contributed by atoms with Gasteiger partial charge in [0.05, 0.1) is 22.6 Å². The molecule has 1 heterocycles. The quantitative estimate of drug-likeness (QED) is 0.786. The van der Waals surface area contributed by atoms with Gasteiger partial charge in [-0.1, -0.05) is 29.8 Å². The first-order chi connectivity index (χ1) is 12.0. The Morgan fingerprint density at radius 1 is 1.12 bits per heavy atom. The normalized spacial score (nSPS) is 10.7. The molecule has 0 saturated carbocycles. The van der Waals surface area contributed by atoms with E-state index in [0.29, 0.717) is 17.8 Å². The second kappa shape index (κ2) is 6.89. The van der Waals surface area contributed by atoms with Gasteiger partial charge in [0.1, 0.15) is 5.82 Å². The largest absolute Gasteiger partial charge is 0.348 e. The van der Waals surface area contributed by atoms with Crippen LogP contribution in [0.2, 0.25) is 0 Å². The van der Waals surface area contributed by atoms with Gasteiger partial charge in [-0.3, -0.25) is 4.79 Å². The lowest BCUT2D eigenvalue weighted by Gasteiger charge is -2.07. The standard InChI is InChI=1S/C20H20FN3O/c1-13-5-4-6-16(11-13)12-22-20(25)19-14(2)23-24(15(19)3)18-9-7-17(21)8-10-18/h4-11H,12H2,1-3H3,(H,22,25). The average molecular weight is 337 g/mol. The van der Waals surface area contributed by atoms with E-state index < -0.39 is 0 Å². The summed E-state index contributed by atoms with van der Waals surface area (Å²) in [6.45, 7) is 6.12. The molecule has 3 rings (SSSR count). The van der Waals surface area contributed by atoms with Crippen LogP contribution in [0.15, 0.2) is 48.5 Å². The molecule has 128 valence electrons. The van der Waals surface area contributed by atoms with Crippen LogP contribution in [0.3, 0.4) is 0 Å². The molecule has 0 aliphatic carbocycles. The van der Waals surface area contributed by atoms with E-state index in [4.69, 9.17) is 0 Å². The smallest absolute Gasteiger partial charge is 0.255 e. The van der Waals surface area contributed by atoms with Crippen molar-refractivity contribution in [2.24, 2.45) is 0 Å². The number of hydrogen-bond donors (Lipinski definition) is 1. The van der Waals surface area contributed by atoms with Crippen molar-refractivity contribution in [3.63, 3.8) is 0 Å². The zero-order chi connectivity index (χ0) is 18.0. The van der Waals surface area contributed by atoms with Gasteiger partial charge in [-0.2, -0.15) is 5.10 Å². The molecule has 1 aromatic heterocycles. The molecule has 5 heteroatoms. The van der Waals surface area contributed by atoms with Gasteiger partial charge in [-0.05, 0) is 50.6 Å². The molecule has 0 radical (unpaired) electrons. The number of carbonyl (C=O) groups excluding carboxylic acids is 1. The van der Waals surface area contributed by atoms with E-state index in [2.05, 4.69) is 10.4 Å². The van der Waals surface area contributed by atoms with Crippen LogP contribution in [0.25, 0.3) is 5.69 Å². The van der Waals surface area contributed by atoms with E-state index >= 15 is 0 Å². The fourth-order valence-corrected chi connectivity index (χ4v) is 2.90. The molecular weight excluding hydrogens is 317 g/mol. The fourth-order valence-electron chi connectivity index (χ4n) is 2.90. The zero-order valence-electron chi connectivity index (χ0n) is 14.5. The molecule has 0 spiro atoms. The highest BCUT2D eigenvalue weighted by atomic mass is 19.1. The number of halogens is 1. The Labute approximate surface area is 146 Å². The zero-order valence-corrected chi connectivity index (χ0v) is 14.5. The number of benzene rings is 2. The molecule has 0 bridgehead atoms. The molecule has 1 N–H and O–H groups in total. The Bertz CT molecular complexity index is 913. The van der Waals surface area contributed by atoms with Crippen LogP contribution in [0.1, 0.15) is 32.9 Å². The van der Waals surface area contributed by atoms with E-state index in [-0.39, 0.29) is 11.7 Å². The van der Waals surface area contributed by atoms with Gasteiger partial charge in [0.2, 0.25) is 0 Å². The molecule has 25 heavy (non-hydrogen) atoms. The van der Waals surface area contributed by atoms with Gasteiger partial charge in [-0.25, -0.2) is 9.07 Å². The van der Waals surface area contributed by atoms with Crippen LogP contribution in [0, 0.1) is 26.6 Å². The predicted molar refractivity (Wildman–Crippen MR) is 95.3 cm³/mol. The lowest BCUT2D eigenvalue weighted by molar-refractivity contribution is 0.0949. The Morgan fingerprint density at radius 3 is 2.52 bits per heavy atom.